The van der Waals surface area contributed by atoms with Crippen molar-refractivity contribution in [3.05, 3.63) is 59.6 Å². The third-order valence-corrected chi connectivity index (χ3v) is 6.09. The molecule has 1 N–H and O–H groups in total. The van der Waals surface area contributed by atoms with Crippen LogP contribution in [-0.4, -0.2) is 66.9 Å². The average Bonchev–Trinajstić information content (AvgIpc) is 3.55. The molecule has 10 heteroatoms. The number of imidazole rings is 1. The minimum Gasteiger partial charge on any atom is -0.352 e. The van der Waals surface area contributed by atoms with Crippen molar-refractivity contribution in [2.45, 2.75) is 6.92 Å². The second-order valence-electron chi connectivity index (χ2n) is 7.02. The molecule has 30 heavy (non-hydrogen) atoms. The molecule has 4 aromatic heterocycles. The van der Waals surface area contributed by atoms with Crippen LogP contribution in [0.15, 0.2) is 48.1 Å². The van der Waals surface area contributed by atoms with Crippen LogP contribution in [0.2, 0.25) is 0 Å². The van der Waals surface area contributed by atoms with Gasteiger partial charge in [0.25, 0.3) is 5.91 Å². The topological polar surface area (TPSA) is 95.8 Å². The van der Waals surface area contributed by atoms with Crippen molar-refractivity contribution in [2.75, 3.05) is 31.1 Å². The molecule has 0 unspecified atom stereocenters. The van der Waals surface area contributed by atoms with E-state index in [-0.39, 0.29) is 5.91 Å². The SMILES string of the molecule is Cc1nccn1-c1ccc(N2CCN(C(=O)c3cc(-c4cccs4)[nH]n3)CC2)nn1. The first-order chi connectivity index (χ1) is 14.7. The van der Waals surface area contributed by atoms with Gasteiger partial charge in [-0.2, -0.15) is 5.10 Å². The number of carbonyl (C=O) groups excluding carboxylic acids is 1. The number of carbonyl (C=O) groups is 1. The number of hydrogen-bond acceptors (Lipinski definition) is 7. The fourth-order valence-electron chi connectivity index (χ4n) is 3.53. The summed E-state index contributed by atoms with van der Waals surface area (Å²) in [5, 5.41) is 17.9. The van der Waals surface area contributed by atoms with Crippen molar-refractivity contribution in [3.8, 4) is 16.4 Å². The number of H-pyrrole nitrogens is 1. The number of nitrogens with zero attached hydrogens (tertiary/aromatic N) is 7. The summed E-state index contributed by atoms with van der Waals surface area (Å²) in [4.78, 5) is 22.1. The van der Waals surface area contributed by atoms with Crippen molar-refractivity contribution in [2.24, 2.45) is 0 Å². The number of piperazine rings is 1. The molecule has 5 rings (SSSR count). The summed E-state index contributed by atoms with van der Waals surface area (Å²) in [6.07, 6.45) is 3.60. The Balaban J connectivity index is 1.22. The molecule has 0 aromatic carbocycles. The maximum Gasteiger partial charge on any atom is 0.274 e. The highest BCUT2D eigenvalue weighted by Crippen LogP contribution is 2.23. The third kappa shape index (κ3) is 3.45. The predicted octanol–water partition coefficient (Wildman–Crippen LogP) is 2.38. The summed E-state index contributed by atoms with van der Waals surface area (Å²) in [5.41, 5.74) is 1.32. The average molecular weight is 421 g/mol. The Hall–Kier alpha value is -3.53. The smallest absolute Gasteiger partial charge is 0.274 e. The van der Waals surface area contributed by atoms with Crippen LogP contribution in [0, 0.1) is 6.92 Å². The number of anilines is 1. The van der Waals surface area contributed by atoms with Crippen LogP contribution >= 0.6 is 11.3 Å². The zero-order valence-electron chi connectivity index (χ0n) is 16.4. The minimum absolute atomic E-state index is 0.0503. The summed E-state index contributed by atoms with van der Waals surface area (Å²) in [7, 11) is 0. The fraction of sp³-hybridized carbons (Fsp3) is 0.250. The summed E-state index contributed by atoms with van der Waals surface area (Å²) in [6, 6.07) is 9.70. The van der Waals surface area contributed by atoms with Gasteiger partial charge in [-0.15, -0.1) is 21.5 Å². The summed E-state index contributed by atoms with van der Waals surface area (Å²) in [6.45, 7) is 4.56. The first-order valence-corrected chi connectivity index (χ1v) is 10.5. The molecule has 0 radical (unpaired) electrons. The molecule has 1 amide bonds. The number of aromatic amines is 1. The monoisotopic (exact) mass is 420 g/mol. The van der Waals surface area contributed by atoms with Gasteiger partial charge in [0.05, 0.1) is 10.6 Å². The van der Waals surface area contributed by atoms with Gasteiger partial charge in [0.2, 0.25) is 0 Å². The molecule has 5 heterocycles. The van der Waals surface area contributed by atoms with E-state index in [2.05, 4.69) is 30.3 Å². The quantitative estimate of drug-likeness (QED) is 0.545. The van der Waals surface area contributed by atoms with E-state index in [1.807, 2.05) is 58.3 Å². The Morgan fingerprint density at radius 3 is 2.57 bits per heavy atom. The first kappa shape index (κ1) is 18.5. The molecule has 4 aromatic rings. The lowest BCUT2D eigenvalue weighted by molar-refractivity contribution is 0.0740. The van der Waals surface area contributed by atoms with Crippen LogP contribution in [0.5, 0.6) is 0 Å². The van der Waals surface area contributed by atoms with E-state index < -0.39 is 0 Å². The Bertz CT molecular complexity index is 1140. The van der Waals surface area contributed by atoms with Crippen LogP contribution in [0.25, 0.3) is 16.4 Å². The first-order valence-electron chi connectivity index (χ1n) is 9.66. The molecule has 1 aliphatic heterocycles. The van der Waals surface area contributed by atoms with E-state index in [1.165, 1.54) is 0 Å². The highest BCUT2D eigenvalue weighted by Gasteiger charge is 2.25. The molecule has 1 fully saturated rings. The van der Waals surface area contributed by atoms with Gasteiger partial charge in [0, 0.05) is 38.6 Å². The number of aryl methyl sites for hydroxylation is 1. The molecule has 0 bridgehead atoms. The highest BCUT2D eigenvalue weighted by molar-refractivity contribution is 7.13. The van der Waals surface area contributed by atoms with Gasteiger partial charge in [0.15, 0.2) is 17.3 Å². The van der Waals surface area contributed by atoms with Crippen LogP contribution in [-0.2, 0) is 0 Å². The van der Waals surface area contributed by atoms with E-state index in [0.717, 1.165) is 28.0 Å². The van der Waals surface area contributed by atoms with Crippen molar-refractivity contribution in [1.29, 1.82) is 0 Å². The Morgan fingerprint density at radius 1 is 1.10 bits per heavy atom. The number of amides is 1. The standard InChI is InChI=1S/C20H20N8OS/c1-14-21-6-7-28(14)19-5-4-18(24-25-19)26-8-10-27(11-9-26)20(29)16-13-15(22-23-16)17-3-2-12-30-17/h2-7,12-13H,8-11H2,1H3,(H,22,23). The molecule has 0 spiro atoms. The summed E-state index contributed by atoms with van der Waals surface area (Å²) >= 11 is 1.61. The largest absolute Gasteiger partial charge is 0.352 e. The van der Waals surface area contributed by atoms with Gasteiger partial charge in [-0.3, -0.25) is 14.5 Å². The molecule has 1 saturated heterocycles. The molecule has 152 valence electrons. The van der Waals surface area contributed by atoms with Crippen molar-refractivity contribution in [3.63, 3.8) is 0 Å². The van der Waals surface area contributed by atoms with Crippen molar-refractivity contribution < 1.29 is 4.79 Å². The van der Waals surface area contributed by atoms with Crippen LogP contribution in [0.1, 0.15) is 16.3 Å². The number of thiophene rings is 1. The highest BCUT2D eigenvalue weighted by atomic mass is 32.1. The van der Waals surface area contributed by atoms with Crippen LogP contribution in [0.3, 0.4) is 0 Å². The molecule has 0 atom stereocenters. The molecule has 0 aliphatic carbocycles. The molecule has 1 aliphatic rings. The van der Waals surface area contributed by atoms with Gasteiger partial charge in [-0.1, -0.05) is 6.07 Å². The Morgan fingerprint density at radius 2 is 1.90 bits per heavy atom. The number of nitrogens with one attached hydrogen (secondary N) is 1. The van der Waals surface area contributed by atoms with Gasteiger partial charge in [-0.05, 0) is 36.6 Å². The van der Waals surface area contributed by atoms with Crippen molar-refractivity contribution in [1.82, 2.24) is 34.8 Å². The van der Waals surface area contributed by atoms with E-state index in [0.29, 0.717) is 31.9 Å². The van der Waals surface area contributed by atoms with E-state index in [9.17, 15) is 4.79 Å². The van der Waals surface area contributed by atoms with Crippen LogP contribution < -0.4 is 4.90 Å². The van der Waals surface area contributed by atoms with E-state index in [1.54, 1.807) is 17.5 Å². The lowest BCUT2D eigenvalue weighted by Gasteiger charge is -2.34. The zero-order chi connectivity index (χ0) is 20.5. The fourth-order valence-corrected chi connectivity index (χ4v) is 4.22. The minimum atomic E-state index is -0.0503. The van der Waals surface area contributed by atoms with Crippen molar-refractivity contribution >= 4 is 23.1 Å². The van der Waals surface area contributed by atoms with Gasteiger partial charge >= 0.3 is 0 Å². The zero-order valence-corrected chi connectivity index (χ0v) is 17.2. The normalized spacial score (nSPS) is 14.3. The number of rotatable bonds is 4. The van der Waals surface area contributed by atoms with Gasteiger partial charge in [-0.25, -0.2) is 4.98 Å². The van der Waals surface area contributed by atoms with Crippen LogP contribution in [0.4, 0.5) is 5.82 Å². The molecular formula is C20H20N8OS. The predicted molar refractivity (Wildman–Crippen MR) is 114 cm³/mol. The summed E-state index contributed by atoms with van der Waals surface area (Å²) in [5.74, 6) is 2.36. The van der Waals surface area contributed by atoms with Gasteiger partial charge < -0.3 is 9.80 Å². The Kier molecular flexibility index (Phi) is 4.75. The molecular weight excluding hydrogens is 400 g/mol. The second kappa shape index (κ2) is 7.71. The molecule has 0 saturated carbocycles. The lowest BCUT2D eigenvalue weighted by atomic mass is 10.2. The number of hydrogen-bond donors (Lipinski definition) is 1. The maximum atomic E-state index is 12.8. The maximum absolute atomic E-state index is 12.8. The second-order valence-corrected chi connectivity index (χ2v) is 7.97. The lowest BCUT2D eigenvalue weighted by Crippen LogP contribution is -2.49. The number of aromatic nitrogens is 6. The third-order valence-electron chi connectivity index (χ3n) is 5.18. The van der Waals surface area contributed by atoms with E-state index in [4.69, 9.17) is 0 Å². The summed E-state index contributed by atoms with van der Waals surface area (Å²) < 4.78 is 1.89. The van der Waals surface area contributed by atoms with E-state index >= 15 is 0 Å². The molecule has 9 nitrogen and oxygen atoms in total. The Labute approximate surface area is 177 Å². The van der Waals surface area contributed by atoms with Gasteiger partial charge in [0.1, 0.15) is 5.82 Å².